The highest BCUT2D eigenvalue weighted by Gasteiger charge is 2.33. The van der Waals surface area contributed by atoms with Crippen LogP contribution in [0, 0.1) is 25.6 Å². The Bertz CT molecular complexity index is 1370. The molecule has 3 atom stereocenters. The number of fused-ring (bicyclic) bond motifs is 1. The van der Waals surface area contributed by atoms with Gasteiger partial charge in [-0.3, -0.25) is 9.59 Å². The van der Waals surface area contributed by atoms with Gasteiger partial charge in [-0.05, 0) is 57.1 Å². The van der Waals surface area contributed by atoms with Crippen LogP contribution in [0.1, 0.15) is 53.7 Å². The lowest BCUT2D eigenvalue weighted by Gasteiger charge is -2.32. The van der Waals surface area contributed by atoms with E-state index in [9.17, 15) is 14.0 Å². The van der Waals surface area contributed by atoms with Gasteiger partial charge in [-0.25, -0.2) is 18.7 Å². The summed E-state index contributed by atoms with van der Waals surface area (Å²) in [4.78, 5) is 36.6. The van der Waals surface area contributed by atoms with Crippen molar-refractivity contribution >= 4 is 22.8 Å². The quantitative estimate of drug-likeness (QED) is 0.356. The van der Waals surface area contributed by atoms with E-state index < -0.39 is 42.5 Å². The molecule has 3 aromatic rings. The van der Waals surface area contributed by atoms with E-state index in [1.807, 2.05) is 0 Å². The maximum absolute atomic E-state index is 15.5. The van der Waals surface area contributed by atoms with Crippen LogP contribution in [-0.2, 0) is 4.79 Å². The van der Waals surface area contributed by atoms with Gasteiger partial charge in [-0.15, -0.1) is 0 Å². The van der Waals surface area contributed by atoms with E-state index in [-0.39, 0.29) is 17.5 Å². The molecule has 0 radical (unpaired) electrons. The number of carbonyl (C=O) groups excluding carboxylic acids is 2. The average Bonchev–Trinajstić information content (AvgIpc) is 3.66. The highest BCUT2D eigenvalue weighted by atomic mass is 19.1. The summed E-state index contributed by atoms with van der Waals surface area (Å²) in [5, 5.41) is 14.2. The molecule has 2 amide bonds. The van der Waals surface area contributed by atoms with E-state index in [4.69, 9.17) is 9.84 Å². The number of carbonyl (C=O) groups is 2. The first-order chi connectivity index (χ1) is 18.3. The summed E-state index contributed by atoms with van der Waals surface area (Å²) >= 11 is 0. The van der Waals surface area contributed by atoms with Gasteiger partial charge in [-0.2, -0.15) is 0 Å². The zero-order valence-corrected chi connectivity index (χ0v) is 21.3. The largest absolute Gasteiger partial charge is 0.492 e. The van der Waals surface area contributed by atoms with Crippen molar-refractivity contribution in [2.24, 2.45) is 5.92 Å². The van der Waals surface area contributed by atoms with Crippen LogP contribution in [0.25, 0.3) is 22.3 Å². The molecule has 2 aromatic heterocycles. The number of nitrogens with one attached hydrogen (secondary N) is 3. The zero-order valence-electron chi connectivity index (χ0n) is 21.3. The summed E-state index contributed by atoms with van der Waals surface area (Å²) in [5.74, 6) is -0.641. The Balaban J connectivity index is 1.41. The molecule has 2 fully saturated rings. The minimum absolute atomic E-state index is 0.0277. The molecule has 2 aliphatic carbocycles. The van der Waals surface area contributed by atoms with Crippen LogP contribution >= 0.6 is 0 Å². The summed E-state index contributed by atoms with van der Waals surface area (Å²) in [6.07, 6.45) is 2.94. The van der Waals surface area contributed by atoms with Crippen LogP contribution in [0.3, 0.4) is 0 Å². The number of amides is 2. The summed E-state index contributed by atoms with van der Waals surface area (Å²) in [6.45, 7) is 3.19. The Hall–Kier alpha value is -3.60. The SMILES string of the molecule is Cc1ccc(OCC2CC2)c(-c2ncnc3c(C(=O)NC4CCC(NC(=O)CO)C(F)C4)c(C)[nH]c23)c1F. The van der Waals surface area contributed by atoms with Gasteiger partial charge >= 0.3 is 0 Å². The van der Waals surface area contributed by atoms with E-state index in [1.165, 1.54) is 6.33 Å². The van der Waals surface area contributed by atoms with Crippen molar-refractivity contribution in [2.75, 3.05) is 13.2 Å². The predicted octanol–water partition coefficient (Wildman–Crippen LogP) is 3.27. The molecule has 5 rings (SSSR count). The fourth-order valence-electron chi connectivity index (χ4n) is 5.00. The number of ether oxygens (including phenoxy) is 1. The van der Waals surface area contributed by atoms with Crippen LogP contribution < -0.4 is 15.4 Å². The lowest BCUT2D eigenvalue weighted by Crippen LogP contribution is -2.50. The number of nitrogens with zero attached hydrogens (tertiary/aromatic N) is 2. The van der Waals surface area contributed by atoms with Crippen molar-refractivity contribution in [3.8, 4) is 17.0 Å². The first kappa shape index (κ1) is 26.0. The molecule has 0 bridgehead atoms. The van der Waals surface area contributed by atoms with Gasteiger partial charge in [0.1, 0.15) is 41.9 Å². The Kier molecular flexibility index (Phi) is 7.29. The third kappa shape index (κ3) is 5.20. The predicted molar refractivity (Wildman–Crippen MR) is 136 cm³/mol. The molecule has 4 N–H and O–H groups in total. The van der Waals surface area contributed by atoms with Crippen molar-refractivity contribution in [1.82, 2.24) is 25.6 Å². The fraction of sp³-hybridized carbons (Fsp3) is 0.481. The lowest BCUT2D eigenvalue weighted by molar-refractivity contribution is -0.125. The summed E-state index contributed by atoms with van der Waals surface area (Å²) < 4.78 is 36.1. The Labute approximate surface area is 218 Å². The second-order valence-corrected chi connectivity index (χ2v) is 10.2. The average molecular weight is 528 g/mol. The van der Waals surface area contributed by atoms with Crippen molar-refractivity contribution in [3.63, 3.8) is 0 Å². The first-order valence-corrected chi connectivity index (χ1v) is 12.9. The molecule has 38 heavy (non-hydrogen) atoms. The Morgan fingerprint density at radius 2 is 1.95 bits per heavy atom. The summed E-state index contributed by atoms with van der Waals surface area (Å²) in [5.41, 5.74) is 2.51. The Morgan fingerprint density at radius 1 is 1.16 bits per heavy atom. The molecule has 2 saturated carbocycles. The van der Waals surface area contributed by atoms with Crippen LogP contribution in [0.15, 0.2) is 18.5 Å². The minimum Gasteiger partial charge on any atom is -0.492 e. The van der Waals surface area contributed by atoms with Crippen LogP contribution in [0.2, 0.25) is 0 Å². The number of alkyl halides is 1. The number of benzene rings is 1. The minimum atomic E-state index is -1.36. The van der Waals surface area contributed by atoms with E-state index in [1.54, 1.807) is 26.0 Å². The molecule has 11 heteroatoms. The first-order valence-electron chi connectivity index (χ1n) is 12.9. The molecule has 2 heterocycles. The van der Waals surface area contributed by atoms with Crippen molar-refractivity contribution < 1.29 is 28.2 Å². The van der Waals surface area contributed by atoms with Crippen molar-refractivity contribution in [1.29, 1.82) is 0 Å². The number of aromatic amines is 1. The molecule has 0 spiro atoms. The van der Waals surface area contributed by atoms with Gasteiger partial charge in [0.2, 0.25) is 5.91 Å². The van der Waals surface area contributed by atoms with E-state index in [0.29, 0.717) is 59.1 Å². The smallest absolute Gasteiger partial charge is 0.255 e. The van der Waals surface area contributed by atoms with Crippen LogP contribution in [-0.4, -0.2) is 63.3 Å². The molecular formula is C27H31F2N5O4. The molecule has 3 unspecified atom stereocenters. The standard InChI is InChI=1S/C27H31F2N5O4/c1-13-3-8-19(38-11-15-4-5-15)22(23(13)29)25-26-24(30-12-31-25)21(14(2)32-26)27(37)33-16-6-7-18(17(28)9-16)34-20(36)10-35/h3,8,12,15-18,32,35H,4-7,9-11H2,1-2H3,(H,33,37)(H,34,36). The van der Waals surface area contributed by atoms with E-state index in [2.05, 4.69) is 25.6 Å². The van der Waals surface area contributed by atoms with E-state index >= 15 is 4.39 Å². The number of hydrogen-bond donors (Lipinski definition) is 4. The van der Waals surface area contributed by atoms with Crippen LogP contribution in [0.5, 0.6) is 5.75 Å². The number of aryl methyl sites for hydroxylation is 2. The molecule has 2 aliphatic rings. The number of aliphatic hydroxyl groups excluding tert-OH is 1. The fourth-order valence-corrected chi connectivity index (χ4v) is 5.00. The van der Waals surface area contributed by atoms with Gasteiger partial charge in [-0.1, -0.05) is 6.07 Å². The number of aliphatic hydroxyl groups is 1. The normalized spacial score (nSPS) is 21.3. The van der Waals surface area contributed by atoms with Gasteiger partial charge < -0.3 is 25.5 Å². The van der Waals surface area contributed by atoms with Gasteiger partial charge in [0.15, 0.2) is 0 Å². The number of rotatable bonds is 8. The van der Waals surface area contributed by atoms with Gasteiger partial charge in [0, 0.05) is 18.2 Å². The number of H-pyrrole nitrogens is 1. The van der Waals surface area contributed by atoms with Crippen molar-refractivity contribution in [2.45, 2.75) is 64.2 Å². The van der Waals surface area contributed by atoms with E-state index in [0.717, 1.165) is 12.8 Å². The molecule has 0 aliphatic heterocycles. The monoisotopic (exact) mass is 527 g/mol. The second-order valence-electron chi connectivity index (χ2n) is 10.2. The topological polar surface area (TPSA) is 129 Å². The Morgan fingerprint density at radius 3 is 2.66 bits per heavy atom. The van der Waals surface area contributed by atoms with Crippen LogP contribution in [0.4, 0.5) is 8.78 Å². The summed E-state index contributed by atoms with van der Waals surface area (Å²) in [6, 6.07) is 2.26. The lowest BCUT2D eigenvalue weighted by atomic mass is 9.89. The number of aromatic nitrogens is 3. The van der Waals surface area contributed by atoms with Gasteiger partial charge in [0.05, 0.1) is 29.3 Å². The maximum Gasteiger partial charge on any atom is 0.255 e. The van der Waals surface area contributed by atoms with Gasteiger partial charge in [0.25, 0.3) is 5.91 Å². The molecule has 1 aromatic carbocycles. The summed E-state index contributed by atoms with van der Waals surface area (Å²) in [7, 11) is 0. The third-order valence-electron chi connectivity index (χ3n) is 7.30. The molecular weight excluding hydrogens is 496 g/mol. The highest BCUT2D eigenvalue weighted by Crippen LogP contribution is 2.39. The zero-order chi connectivity index (χ0) is 27.0. The third-order valence-corrected chi connectivity index (χ3v) is 7.30. The second kappa shape index (κ2) is 10.6. The molecule has 0 saturated heterocycles. The number of hydrogen-bond acceptors (Lipinski definition) is 6. The van der Waals surface area contributed by atoms with Crippen molar-refractivity contribution in [3.05, 3.63) is 41.1 Å². The highest BCUT2D eigenvalue weighted by molar-refractivity contribution is 6.09. The molecule has 9 nitrogen and oxygen atoms in total. The molecule has 202 valence electrons. The maximum atomic E-state index is 15.5. The number of halogens is 2.